The summed E-state index contributed by atoms with van der Waals surface area (Å²) < 4.78 is 0. The van der Waals surface area contributed by atoms with Gasteiger partial charge < -0.3 is 20.6 Å². The van der Waals surface area contributed by atoms with Crippen LogP contribution < -0.4 is 5.32 Å². The van der Waals surface area contributed by atoms with Crippen LogP contribution in [-0.2, 0) is 5.54 Å². The van der Waals surface area contributed by atoms with Gasteiger partial charge in [-0.25, -0.2) is 0 Å². The lowest BCUT2D eigenvalue weighted by Crippen LogP contribution is -2.46. The van der Waals surface area contributed by atoms with Crippen molar-refractivity contribution in [3.05, 3.63) is 23.8 Å². The van der Waals surface area contributed by atoms with Gasteiger partial charge in [-0.2, -0.15) is 0 Å². The van der Waals surface area contributed by atoms with Crippen molar-refractivity contribution in [1.82, 2.24) is 5.32 Å². The molecule has 0 aromatic heterocycles. The highest BCUT2D eigenvalue weighted by atomic mass is 16.3. The average molecular weight is 225 g/mol. The van der Waals surface area contributed by atoms with E-state index in [1.165, 1.54) is 18.2 Å². The van der Waals surface area contributed by atoms with Crippen LogP contribution in [0.5, 0.6) is 11.5 Å². The standard InChI is InChI=1S/C12H19NO3/c1-8(2)13-12(3,7-14)9-4-10(15)6-11(16)5-9/h4-6,8,13-16H,7H2,1-3H3. The monoisotopic (exact) mass is 225 g/mol. The highest BCUT2D eigenvalue weighted by Crippen LogP contribution is 2.28. The van der Waals surface area contributed by atoms with Crippen LogP contribution in [0.4, 0.5) is 0 Å². The lowest BCUT2D eigenvalue weighted by molar-refractivity contribution is 0.165. The minimum Gasteiger partial charge on any atom is -0.508 e. The van der Waals surface area contributed by atoms with Crippen molar-refractivity contribution in [3.63, 3.8) is 0 Å². The van der Waals surface area contributed by atoms with Gasteiger partial charge in [0.05, 0.1) is 12.1 Å². The van der Waals surface area contributed by atoms with E-state index in [4.69, 9.17) is 0 Å². The Kier molecular flexibility index (Phi) is 3.78. The summed E-state index contributed by atoms with van der Waals surface area (Å²) in [6, 6.07) is 4.51. The van der Waals surface area contributed by atoms with Crippen LogP contribution in [-0.4, -0.2) is 28.0 Å². The van der Waals surface area contributed by atoms with Gasteiger partial charge in [0.1, 0.15) is 11.5 Å². The molecule has 0 radical (unpaired) electrons. The lowest BCUT2D eigenvalue weighted by Gasteiger charge is -2.31. The molecule has 0 aliphatic carbocycles. The molecule has 0 aliphatic heterocycles. The largest absolute Gasteiger partial charge is 0.508 e. The lowest BCUT2D eigenvalue weighted by atomic mass is 9.91. The second kappa shape index (κ2) is 4.72. The fourth-order valence-corrected chi connectivity index (χ4v) is 1.77. The predicted molar refractivity (Wildman–Crippen MR) is 62.5 cm³/mol. The Balaban J connectivity index is 3.11. The van der Waals surface area contributed by atoms with Crippen molar-refractivity contribution < 1.29 is 15.3 Å². The Labute approximate surface area is 95.6 Å². The van der Waals surface area contributed by atoms with Crippen LogP contribution in [0, 0.1) is 0 Å². The molecule has 0 bridgehead atoms. The van der Waals surface area contributed by atoms with E-state index >= 15 is 0 Å². The molecule has 0 amide bonds. The molecule has 0 saturated carbocycles. The third-order valence-corrected chi connectivity index (χ3v) is 2.46. The zero-order chi connectivity index (χ0) is 12.3. The summed E-state index contributed by atoms with van der Waals surface area (Å²) in [5.41, 5.74) is -0.0223. The Morgan fingerprint density at radius 3 is 2.06 bits per heavy atom. The number of nitrogens with one attached hydrogen (secondary N) is 1. The molecular formula is C12H19NO3. The second-order valence-corrected chi connectivity index (χ2v) is 4.53. The number of aliphatic hydroxyl groups excluding tert-OH is 1. The van der Waals surface area contributed by atoms with Gasteiger partial charge in [0.25, 0.3) is 0 Å². The first-order valence-electron chi connectivity index (χ1n) is 5.29. The summed E-state index contributed by atoms with van der Waals surface area (Å²) >= 11 is 0. The van der Waals surface area contributed by atoms with Crippen LogP contribution in [0.3, 0.4) is 0 Å². The van der Waals surface area contributed by atoms with Crippen molar-refractivity contribution in [2.75, 3.05) is 6.61 Å². The van der Waals surface area contributed by atoms with Crippen LogP contribution in [0.15, 0.2) is 18.2 Å². The molecule has 1 unspecified atom stereocenters. The van der Waals surface area contributed by atoms with Crippen LogP contribution in [0.25, 0.3) is 0 Å². The average Bonchev–Trinajstić information content (AvgIpc) is 2.15. The molecule has 1 atom stereocenters. The highest BCUT2D eigenvalue weighted by molar-refractivity contribution is 5.40. The van der Waals surface area contributed by atoms with Crippen LogP contribution in [0.2, 0.25) is 0 Å². The summed E-state index contributed by atoms with van der Waals surface area (Å²) in [5, 5.41) is 31.5. The van der Waals surface area contributed by atoms with E-state index in [9.17, 15) is 15.3 Å². The third-order valence-electron chi connectivity index (χ3n) is 2.46. The number of aliphatic hydroxyl groups is 1. The minimum atomic E-state index is -0.676. The van der Waals surface area contributed by atoms with Gasteiger partial charge in [0.15, 0.2) is 0 Å². The SMILES string of the molecule is CC(C)NC(C)(CO)c1cc(O)cc(O)c1. The fourth-order valence-electron chi connectivity index (χ4n) is 1.77. The molecule has 16 heavy (non-hydrogen) atoms. The maximum atomic E-state index is 9.44. The molecule has 0 saturated heterocycles. The normalized spacial score (nSPS) is 15.1. The quantitative estimate of drug-likeness (QED) is 0.623. The Morgan fingerprint density at radius 1 is 1.19 bits per heavy atom. The maximum absolute atomic E-state index is 9.44. The van der Waals surface area contributed by atoms with Gasteiger partial charge in [-0.15, -0.1) is 0 Å². The van der Waals surface area contributed by atoms with E-state index in [0.29, 0.717) is 5.56 Å². The Morgan fingerprint density at radius 2 is 1.69 bits per heavy atom. The summed E-state index contributed by atoms with van der Waals surface area (Å²) in [6.45, 7) is 5.64. The van der Waals surface area contributed by atoms with Crippen molar-refractivity contribution in [2.24, 2.45) is 0 Å². The smallest absolute Gasteiger partial charge is 0.119 e. The van der Waals surface area contributed by atoms with Crippen LogP contribution in [0.1, 0.15) is 26.3 Å². The first kappa shape index (κ1) is 12.8. The van der Waals surface area contributed by atoms with Crippen molar-refractivity contribution >= 4 is 0 Å². The van der Waals surface area contributed by atoms with Gasteiger partial charge in [-0.05, 0) is 38.5 Å². The number of benzene rings is 1. The van der Waals surface area contributed by atoms with E-state index in [1.54, 1.807) is 0 Å². The van der Waals surface area contributed by atoms with Crippen LogP contribution >= 0.6 is 0 Å². The molecule has 1 aromatic carbocycles. The minimum absolute atomic E-state index is 0.0137. The van der Waals surface area contributed by atoms with Crippen molar-refractivity contribution in [2.45, 2.75) is 32.4 Å². The zero-order valence-electron chi connectivity index (χ0n) is 9.86. The molecule has 0 heterocycles. The topological polar surface area (TPSA) is 72.7 Å². The van der Waals surface area contributed by atoms with Gasteiger partial charge in [-0.1, -0.05) is 0 Å². The number of aromatic hydroxyl groups is 2. The molecule has 90 valence electrons. The van der Waals surface area contributed by atoms with Crippen molar-refractivity contribution in [1.29, 1.82) is 0 Å². The van der Waals surface area contributed by atoms with E-state index in [2.05, 4.69) is 5.32 Å². The van der Waals surface area contributed by atoms with Gasteiger partial charge in [0.2, 0.25) is 0 Å². The number of hydrogen-bond donors (Lipinski definition) is 4. The Hall–Kier alpha value is -1.26. The predicted octanol–water partition coefficient (Wildman–Crippen LogP) is 1.30. The second-order valence-electron chi connectivity index (χ2n) is 4.53. The van der Waals surface area contributed by atoms with E-state index in [-0.39, 0.29) is 24.1 Å². The molecule has 1 rings (SSSR count). The molecule has 0 fully saturated rings. The summed E-state index contributed by atoms with van der Waals surface area (Å²) in [5.74, 6) is -0.0273. The maximum Gasteiger partial charge on any atom is 0.119 e. The van der Waals surface area contributed by atoms with Crippen molar-refractivity contribution in [3.8, 4) is 11.5 Å². The summed E-state index contributed by atoms with van der Waals surface area (Å²) in [7, 11) is 0. The number of phenolic OH excluding ortho intramolecular Hbond substituents is 2. The molecule has 0 spiro atoms. The van der Waals surface area contributed by atoms with E-state index in [1.807, 2.05) is 20.8 Å². The summed E-state index contributed by atoms with van der Waals surface area (Å²) in [4.78, 5) is 0. The molecule has 0 aliphatic rings. The first-order chi connectivity index (χ1) is 7.37. The number of hydrogen-bond acceptors (Lipinski definition) is 4. The van der Waals surface area contributed by atoms with Gasteiger partial charge >= 0.3 is 0 Å². The molecule has 4 N–H and O–H groups in total. The van der Waals surface area contributed by atoms with Gasteiger partial charge in [0, 0.05) is 12.1 Å². The zero-order valence-corrected chi connectivity index (χ0v) is 9.86. The molecule has 1 aromatic rings. The molecule has 4 heteroatoms. The molecular weight excluding hydrogens is 206 g/mol. The van der Waals surface area contributed by atoms with E-state index in [0.717, 1.165) is 0 Å². The third kappa shape index (κ3) is 2.87. The number of phenols is 2. The van der Waals surface area contributed by atoms with E-state index < -0.39 is 5.54 Å². The summed E-state index contributed by atoms with van der Waals surface area (Å²) in [6.07, 6.45) is 0. The first-order valence-corrected chi connectivity index (χ1v) is 5.29. The number of rotatable bonds is 4. The Bertz CT molecular complexity index is 345. The fraction of sp³-hybridized carbons (Fsp3) is 0.500. The molecule has 4 nitrogen and oxygen atoms in total. The highest BCUT2D eigenvalue weighted by Gasteiger charge is 2.27. The van der Waals surface area contributed by atoms with Gasteiger partial charge in [-0.3, -0.25) is 0 Å².